The van der Waals surface area contributed by atoms with Gasteiger partial charge in [0.1, 0.15) is 0 Å². The van der Waals surface area contributed by atoms with E-state index in [1.165, 1.54) is 0 Å². The largest absolute Gasteiger partial charge is 0.465 e. The van der Waals surface area contributed by atoms with Crippen molar-refractivity contribution in [2.45, 2.75) is 38.5 Å². The minimum atomic E-state index is -0.0698. The number of rotatable bonds is 8. The fourth-order valence-corrected chi connectivity index (χ4v) is 1.76. The second-order valence-corrected chi connectivity index (χ2v) is 4.37. The van der Waals surface area contributed by atoms with Crippen LogP contribution < -0.4 is 5.73 Å². The van der Waals surface area contributed by atoms with Gasteiger partial charge in [0, 0.05) is 18.9 Å². The fraction of sp³-hybridized carbons (Fsp3) is 0.917. The zero-order chi connectivity index (χ0) is 11.6. The number of hydrogen-bond donors (Lipinski definition) is 1. The van der Waals surface area contributed by atoms with Crippen molar-refractivity contribution >= 4 is 5.97 Å². The van der Waals surface area contributed by atoms with Gasteiger partial charge in [0.25, 0.3) is 0 Å². The molecular weight excluding hydrogens is 206 g/mol. The number of carbonyl (C=O) groups is 1. The number of nitrogens with two attached hydrogens (primary N) is 1. The van der Waals surface area contributed by atoms with Gasteiger partial charge in [-0.15, -0.1) is 0 Å². The van der Waals surface area contributed by atoms with Crippen LogP contribution in [0.3, 0.4) is 0 Å². The smallest absolute Gasteiger partial charge is 0.305 e. The van der Waals surface area contributed by atoms with E-state index in [9.17, 15) is 4.79 Å². The molecule has 0 radical (unpaired) electrons. The van der Waals surface area contributed by atoms with Gasteiger partial charge in [-0.3, -0.25) is 4.79 Å². The van der Waals surface area contributed by atoms with Crippen LogP contribution in [0.4, 0.5) is 0 Å². The minimum absolute atomic E-state index is 0.0698. The maximum Gasteiger partial charge on any atom is 0.305 e. The number of ether oxygens (including phenoxy) is 2. The highest BCUT2D eigenvalue weighted by molar-refractivity contribution is 5.69. The van der Waals surface area contributed by atoms with Crippen LogP contribution >= 0.6 is 0 Å². The second kappa shape index (κ2) is 8.53. The molecule has 0 spiro atoms. The summed E-state index contributed by atoms with van der Waals surface area (Å²) in [5.74, 6) is 0.348. The second-order valence-electron chi connectivity index (χ2n) is 4.37. The van der Waals surface area contributed by atoms with Gasteiger partial charge >= 0.3 is 5.97 Å². The Morgan fingerprint density at radius 1 is 1.31 bits per heavy atom. The summed E-state index contributed by atoms with van der Waals surface area (Å²) < 4.78 is 10.4. The molecule has 1 aliphatic rings. The van der Waals surface area contributed by atoms with Gasteiger partial charge in [-0.05, 0) is 25.8 Å². The summed E-state index contributed by atoms with van der Waals surface area (Å²) in [4.78, 5) is 11.3. The molecule has 94 valence electrons. The number of unbranched alkanes of at least 4 members (excludes halogenated alkanes) is 3. The van der Waals surface area contributed by atoms with Gasteiger partial charge in [0.05, 0.1) is 13.2 Å². The molecule has 4 heteroatoms. The van der Waals surface area contributed by atoms with Crippen LogP contribution in [0, 0.1) is 5.92 Å². The molecule has 0 aromatic carbocycles. The molecule has 1 aliphatic heterocycles. The average Bonchev–Trinajstić information content (AvgIpc) is 2.79. The Morgan fingerprint density at radius 3 is 2.81 bits per heavy atom. The van der Waals surface area contributed by atoms with E-state index in [1.807, 2.05) is 0 Å². The summed E-state index contributed by atoms with van der Waals surface area (Å²) in [5.41, 5.74) is 5.38. The normalized spacial score (nSPS) is 19.9. The summed E-state index contributed by atoms with van der Waals surface area (Å²) >= 11 is 0. The van der Waals surface area contributed by atoms with Crippen molar-refractivity contribution in [2.24, 2.45) is 11.7 Å². The molecule has 0 aromatic rings. The van der Waals surface area contributed by atoms with Crippen molar-refractivity contribution in [1.82, 2.24) is 0 Å². The predicted octanol–water partition coefficient (Wildman–Crippen LogP) is 1.48. The molecule has 0 amide bonds. The van der Waals surface area contributed by atoms with E-state index in [0.29, 0.717) is 18.9 Å². The third kappa shape index (κ3) is 6.08. The van der Waals surface area contributed by atoms with Crippen molar-refractivity contribution in [3.8, 4) is 0 Å². The van der Waals surface area contributed by atoms with Gasteiger partial charge < -0.3 is 15.2 Å². The standard InChI is InChI=1S/C12H23NO3/c13-7-4-2-1-3-5-12(14)16-10-11-6-8-15-9-11/h11H,1-10,13H2. The van der Waals surface area contributed by atoms with E-state index in [-0.39, 0.29) is 5.97 Å². The Kier molecular flexibility index (Phi) is 7.17. The lowest BCUT2D eigenvalue weighted by Crippen LogP contribution is -2.14. The molecule has 0 aliphatic carbocycles. The number of esters is 1. The van der Waals surface area contributed by atoms with Crippen molar-refractivity contribution in [3.63, 3.8) is 0 Å². The maximum absolute atomic E-state index is 11.3. The average molecular weight is 229 g/mol. The molecule has 4 nitrogen and oxygen atoms in total. The summed E-state index contributed by atoms with van der Waals surface area (Å²) in [6, 6.07) is 0. The van der Waals surface area contributed by atoms with Crippen LogP contribution in [0.1, 0.15) is 38.5 Å². The Hall–Kier alpha value is -0.610. The molecule has 1 heterocycles. The molecule has 16 heavy (non-hydrogen) atoms. The zero-order valence-corrected chi connectivity index (χ0v) is 9.95. The highest BCUT2D eigenvalue weighted by Crippen LogP contribution is 2.13. The van der Waals surface area contributed by atoms with E-state index >= 15 is 0 Å². The van der Waals surface area contributed by atoms with Crippen LogP contribution in [-0.4, -0.2) is 32.3 Å². The van der Waals surface area contributed by atoms with Crippen molar-refractivity contribution < 1.29 is 14.3 Å². The van der Waals surface area contributed by atoms with Gasteiger partial charge in [-0.25, -0.2) is 0 Å². The van der Waals surface area contributed by atoms with Crippen molar-refractivity contribution in [2.75, 3.05) is 26.4 Å². The van der Waals surface area contributed by atoms with Gasteiger partial charge in [0.15, 0.2) is 0 Å². The molecule has 1 unspecified atom stereocenters. The van der Waals surface area contributed by atoms with Crippen LogP contribution in [0.15, 0.2) is 0 Å². The van der Waals surface area contributed by atoms with E-state index in [4.69, 9.17) is 15.2 Å². The molecule has 1 rings (SSSR count). The first kappa shape index (κ1) is 13.5. The van der Waals surface area contributed by atoms with Crippen LogP contribution in [-0.2, 0) is 14.3 Å². The first-order chi connectivity index (χ1) is 7.83. The quantitative estimate of drug-likeness (QED) is 0.506. The highest BCUT2D eigenvalue weighted by atomic mass is 16.5. The molecule has 0 saturated carbocycles. The van der Waals surface area contributed by atoms with E-state index < -0.39 is 0 Å². The van der Waals surface area contributed by atoms with E-state index in [0.717, 1.165) is 51.9 Å². The first-order valence-electron chi connectivity index (χ1n) is 6.26. The van der Waals surface area contributed by atoms with Gasteiger partial charge in [-0.1, -0.05) is 12.8 Å². The van der Waals surface area contributed by atoms with Crippen LogP contribution in [0.5, 0.6) is 0 Å². The van der Waals surface area contributed by atoms with Crippen molar-refractivity contribution in [3.05, 3.63) is 0 Å². The lowest BCUT2D eigenvalue weighted by molar-refractivity contribution is -0.145. The minimum Gasteiger partial charge on any atom is -0.465 e. The van der Waals surface area contributed by atoms with Crippen LogP contribution in [0.2, 0.25) is 0 Å². The third-order valence-corrected chi connectivity index (χ3v) is 2.84. The molecule has 1 atom stereocenters. The highest BCUT2D eigenvalue weighted by Gasteiger charge is 2.17. The molecule has 0 aromatic heterocycles. The molecule has 1 saturated heterocycles. The number of hydrogen-bond acceptors (Lipinski definition) is 4. The lowest BCUT2D eigenvalue weighted by atomic mass is 10.1. The first-order valence-corrected chi connectivity index (χ1v) is 6.26. The van der Waals surface area contributed by atoms with Crippen molar-refractivity contribution in [1.29, 1.82) is 0 Å². The fourth-order valence-electron chi connectivity index (χ4n) is 1.76. The maximum atomic E-state index is 11.3. The lowest BCUT2D eigenvalue weighted by Gasteiger charge is -2.08. The summed E-state index contributed by atoms with van der Waals surface area (Å²) in [6.07, 6.45) is 5.70. The summed E-state index contributed by atoms with van der Waals surface area (Å²) in [6.45, 7) is 2.82. The Morgan fingerprint density at radius 2 is 2.12 bits per heavy atom. The van der Waals surface area contributed by atoms with Gasteiger partial charge in [-0.2, -0.15) is 0 Å². The zero-order valence-electron chi connectivity index (χ0n) is 9.95. The Balaban J connectivity index is 1.90. The van der Waals surface area contributed by atoms with Crippen LogP contribution in [0.25, 0.3) is 0 Å². The Bertz CT molecular complexity index is 191. The molecular formula is C12H23NO3. The summed E-state index contributed by atoms with van der Waals surface area (Å²) in [5, 5.41) is 0. The summed E-state index contributed by atoms with van der Waals surface area (Å²) in [7, 11) is 0. The van der Waals surface area contributed by atoms with Gasteiger partial charge in [0.2, 0.25) is 0 Å². The third-order valence-electron chi connectivity index (χ3n) is 2.84. The predicted molar refractivity (Wildman–Crippen MR) is 62.0 cm³/mol. The SMILES string of the molecule is NCCCCCCC(=O)OCC1CCOC1. The van der Waals surface area contributed by atoms with E-state index in [1.54, 1.807) is 0 Å². The molecule has 0 bridgehead atoms. The number of carbonyl (C=O) groups excluding carboxylic acids is 1. The monoisotopic (exact) mass is 229 g/mol. The Labute approximate surface area is 97.5 Å². The topological polar surface area (TPSA) is 61.6 Å². The molecule has 1 fully saturated rings. The van der Waals surface area contributed by atoms with E-state index in [2.05, 4.69) is 0 Å². The molecule has 2 N–H and O–H groups in total.